The normalized spacial score (nSPS) is 16.3. The van der Waals surface area contributed by atoms with E-state index in [1.165, 1.54) is 0 Å². The van der Waals surface area contributed by atoms with E-state index in [1.54, 1.807) is 0 Å². The summed E-state index contributed by atoms with van der Waals surface area (Å²) in [6.07, 6.45) is 1.76. The standard InChI is InChI=1S/C17H27N3O2/c1-2-19(10-11-21)13-14-4-3-5-15(12-14)17(22)20-8-6-16(18)7-9-20/h3-5,12,16,21H,2,6-11,13,18H2,1H3. The van der Waals surface area contributed by atoms with Gasteiger partial charge in [-0.3, -0.25) is 9.69 Å². The van der Waals surface area contributed by atoms with Crippen LogP contribution in [0.4, 0.5) is 0 Å². The van der Waals surface area contributed by atoms with Crippen molar-refractivity contribution in [3.63, 3.8) is 0 Å². The number of piperidine rings is 1. The summed E-state index contributed by atoms with van der Waals surface area (Å²) >= 11 is 0. The minimum absolute atomic E-state index is 0.0963. The van der Waals surface area contributed by atoms with Gasteiger partial charge in [-0.05, 0) is 37.1 Å². The predicted octanol–water partition coefficient (Wildman–Crippen LogP) is 1.06. The number of nitrogens with zero attached hydrogens (tertiary/aromatic N) is 2. The fraction of sp³-hybridized carbons (Fsp3) is 0.588. The molecule has 1 aromatic rings. The van der Waals surface area contributed by atoms with Crippen LogP contribution in [0, 0.1) is 0 Å². The van der Waals surface area contributed by atoms with Gasteiger partial charge in [0.25, 0.3) is 5.91 Å². The van der Waals surface area contributed by atoms with E-state index in [0.717, 1.165) is 50.1 Å². The van der Waals surface area contributed by atoms with E-state index in [4.69, 9.17) is 10.8 Å². The smallest absolute Gasteiger partial charge is 0.253 e. The molecule has 5 heteroatoms. The lowest BCUT2D eigenvalue weighted by Crippen LogP contribution is -2.42. The van der Waals surface area contributed by atoms with Crippen LogP contribution in [0.15, 0.2) is 24.3 Å². The van der Waals surface area contributed by atoms with Crippen molar-refractivity contribution in [2.75, 3.05) is 32.8 Å². The number of carbonyl (C=O) groups excluding carboxylic acids is 1. The van der Waals surface area contributed by atoms with Gasteiger partial charge in [0.1, 0.15) is 0 Å². The molecular weight excluding hydrogens is 278 g/mol. The number of likely N-dealkylation sites (tertiary alicyclic amines) is 1. The molecule has 0 saturated carbocycles. The topological polar surface area (TPSA) is 69.8 Å². The highest BCUT2D eigenvalue weighted by Crippen LogP contribution is 2.15. The van der Waals surface area contributed by atoms with Crippen molar-refractivity contribution in [2.45, 2.75) is 32.4 Å². The molecule has 1 fully saturated rings. The average molecular weight is 305 g/mol. The molecule has 0 spiro atoms. The second-order valence-corrected chi connectivity index (χ2v) is 5.92. The summed E-state index contributed by atoms with van der Waals surface area (Å²) in [6.45, 7) is 6.00. The first-order valence-corrected chi connectivity index (χ1v) is 8.11. The summed E-state index contributed by atoms with van der Waals surface area (Å²) in [7, 11) is 0. The quantitative estimate of drug-likeness (QED) is 0.825. The van der Waals surface area contributed by atoms with Gasteiger partial charge in [-0.25, -0.2) is 0 Å². The highest BCUT2D eigenvalue weighted by atomic mass is 16.3. The molecule has 0 atom stereocenters. The largest absolute Gasteiger partial charge is 0.395 e. The number of aliphatic hydroxyl groups excluding tert-OH is 1. The number of likely N-dealkylation sites (N-methyl/N-ethyl adjacent to an activating group) is 1. The van der Waals surface area contributed by atoms with Crippen molar-refractivity contribution in [3.05, 3.63) is 35.4 Å². The number of hydrogen-bond donors (Lipinski definition) is 2. The average Bonchev–Trinajstić information content (AvgIpc) is 2.55. The number of aliphatic hydroxyl groups is 1. The first-order chi connectivity index (χ1) is 10.6. The Hall–Kier alpha value is -1.43. The predicted molar refractivity (Wildman–Crippen MR) is 87.6 cm³/mol. The van der Waals surface area contributed by atoms with Gasteiger partial charge in [0.2, 0.25) is 0 Å². The van der Waals surface area contributed by atoms with Crippen molar-refractivity contribution >= 4 is 5.91 Å². The van der Waals surface area contributed by atoms with E-state index in [1.807, 2.05) is 29.2 Å². The summed E-state index contributed by atoms with van der Waals surface area (Å²) < 4.78 is 0. The second-order valence-electron chi connectivity index (χ2n) is 5.92. The lowest BCUT2D eigenvalue weighted by Gasteiger charge is -2.30. The molecule has 122 valence electrons. The molecule has 1 aliphatic heterocycles. The first-order valence-electron chi connectivity index (χ1n) is 8.11. The third-order valence-corrected chi connectivity index (χ3v) is 4.27. The first kappa shape index (κ1) is 16.9. The van der Waals surface area contributed by atoms with Crippen molar-refractivity contribution in [1.82, 2.24) is 9.80 Å². The van der Waals surface area contributed by atoms with E-state index in [0.29, 0.717) is 6.54 Å². The summed E-state index contributed by atoms with van der Waals surface area (Å²) in [5.41, 5.74) is 7.74. The molecule has 1 amide bonds. The van der Waals surface area contributed by atoms with Crippen LogP contribution in [0.2, 0.25) is 0 Å². The van der Waals surface area contributed by atoms with Gasteiger partial charge in [0, 0.05) is 37.8 Å². The maximum Gasteiger partial charge on any atom is 0.253 e. The van der Waals surface area contributed by atoms with Crippen molar-refractivity contribution in [2.24, 2.45) is 5.73 Å². The third-order valence-electron chi connectivity index (χ3n) is 4.27. The maximum atomic E-state index is 12.6. The van der Waals surface area contributed by atoms with Gasteiger partial charge in [-0.1, -0.05) is 19.1 Å². The van der Waals surface area contributed by atoms with Crippen LogP contribution in [-0.4, -0.2) is 59.6 Å². The van der Waals surface area contributed by atoms with Gasteiger partial charge in [-0.2, -0.15) is 0 Å². The Morgan fingerprint density at radius 2 is 2.14 bits per heavy atom. The lowest BCUT2D eigenvalue weighted by atomic mass is 10.0. The number of nitrogens with two attached hydrogens (primary N) is 1. The van der Waals surface area contributed by atoms with E-state index in [-0.39, 0.29) is 18.6 Å². The number of carbonyl (C=O) groups is 1. The Morgan fingerprint density at radius 1 is 1.41 bits per heavy atom. The zero-order chi connectivity index (χ0) is 15.9. The molecule has 0 radical (unpaired) electrons. The molecule has 1 aromatic carbocycles. The van der Waals surface area contributed by atoms with Gasteiger partial charge in [-0.15, -0.1) is 0 Å². The van der Waals surface area contributed by atoms with Crippen LogP contribution in [-0.2, 0) is 6.54 Å². The molecule has 22 heavy (non-hydrogen) atoms. The number of benzene rings is 1. The van der Waals surface area contributed by atoms with E-state index in [2.05, 4.69) is 11.8 Å². The Bertz CT molecular complexity index is 485. The van der Waals surface area contributed by atoms with E-state index >= 15 is 0 Å². The molecule has 0 aliphatic carbocycles. The van der Waals surface area contributed by atoms with E-state index in [9.17, 15) is 4.79 Å². The molecule has 0 bridgehead atoms. The summed E-state index contributed by atoms with van der Waals surface area (Å²) in [4.78, 5) is 16.6. The Balaban J connectivity index is 2.02. The van der Waals surface area contributed by atoms with Gasteiger partial charge in [0.05, 0.1) is 6.61 Å². The summed E-state index contributed by atoms with van der Waals surface area (Å²) in [5, 5.41) is 9.07. The zero-order valence-corrected chi connectivity index (χ0v) is 13.4. The highest BCUT2D eigenvalue weighted by Gasteiger charge is 2.21. The van der Waals surface area contributed by atoms with Crippen LogP contribution in [0.1, 0.15) is 35.7 Å². The molecular formula is C17H27N3O2. The van der Waals surface area contributed by atoms with Crippen LogP contribution in [0.3, 0.4) is 0 Å². The molecule has 0 unspecified atom stereocenters. The Morgan fingerprint density at radius 3 is 2.77 bits per heavy atom. The van der Waals surface area contributed by atoms with Gasteiger partial charge in [0.15, 0.2) is 0 Å². The van der Waals surface area contributed by atoms with Crippen molar-refractivity contribution in [3.8, 4) is 0 Å². The zero-order valence-electron chi connectivity index (χ0n) is 13.4. The van der Waals surface area contributed by atoms with Crippen LogP contribution >= 0.6 is 0 Å². The SMILES string of the molecule is CCN(CCO)Cc1cccc(C(=O)N2CCC(N)CC2)c1. The van der Waals surface area contributed by atoms with Crippen LogP contribution in [0.25, 0.3) is 0 Å². The van der Waals surface area contributed by atoms with Gasteiger partial charge >= 0.3 is 0 Å². The minimum atomic E-state index is 0.0963. The molecule has 2 rings (SSSR count). The van der Waals surface area contributed by atoms with Gasteiger partial charge < -0.3 is 15.7 Å². The number of hydrogen-bond acceptors (Lipinski definition) is 4. The van der Waals surface area contributed by atoms with Crippen LogP contribution in [0.5, 0.6) is 0 Å². The maximum absolute atomic E-state index is 12.6. The van der Waals surface area contributed by atoms with Crippen molar-refractivity contribution < 1.29 is 9.90 Å². The molecule has 3 N–H and O–H groups in total. The summed E-state index contributed by atoms with van der Waals surface area (Å²) in [6, 6.07) is 8.04. The molecule has 1 heterocycles. The van der Waals surface area contributed by atoms with Crippen molar-refractivity contribution in [1.29, 1.82) is 0 Å². The fourth-order valence-corrected chi connectivity index (χ4v) is 2.84. The monoisotopic (exact) mass is 305 g/mol. The minimum Gasteiger partial charge on any atom is -0.395 e. The molecule has 5 nitrogen and oxygen atoms in total. The number of rotatable bonds is 6. The highest BCUT2D eigenvalue weighted by molar-refractivity contribution is 5.94. The lowest BCUT2D eigenvalue weighted by molar-refractivity contribution is 0.0714. The van der Waals surface area contributed by atoms with Crippen LogP contribution < -0.4 is 5.73 Å². The molecule has 0 aromatic heterocycles. The van der Waals surface area contributed by atoms with E-state index < -0.39 is 0 Å². The Kier molecular flexibility index (Phi) is 6.36. The Labute approximate surface area is 132 Å². The number of amides is 1. The summed E-state index contributed by atoms with van der Waals surface area (Å²) in [5.74, 6) is 0.0963. The fourth-order valence-electron chi connectivity index (χ4n) is 2.84. The third kappa shape index (κ3) is 4.53. The molecule has 1 aliphatic rings. The molecule has 1 saturated heterocycles. The second kappa shape index (κ2) is 8.27.